The van der Waals surface area contributed by atoms with Crippen LogP contribution in [0.2, 0.25) is 0 Å². The third-order valence-corrected chi connectivity index (χ3v) is 7.70. The molecule has 2 saturated carbocycles. The van der Waals surface area contributed by atoms with E-state index in [-0.39, 0.29) is 16.9 Å². The van der Waals surface area contributed by atoms with Gasteiger partial charge in [-0.05, 0) is 78.8 Å². The van der Waals surface area contributed by atoms with Crippen molar-refractivity contribution in [1.29, 1.82) is 0 Å². The minimum Gasteiger partial charge on any atom is -0.512 e. The molecular formula is C19H28O2. The van der Waals surface area contributed by atoms with Crippen LogP contribution in [0.4, 0.5) is 0 Å². The molecule has 0 aromatic carbocycles. The number of allylic oxidation sites excluding steroid dienone is 4. The van der Waals surface area contributed by atoms with E-state index in [1.165, 1.54) is 24.8 Å². The summed E-state index contributed by atoms with van der Waals surface area (Å²) >= 11 is 0. The van der Waals surface area contributed by atoms with Crippen LogP contribution >= 0.6 is 0 Å². The van der Waals surface area contributed by atoms with Gasteiger partial charge in [-0.15, -0.1) is 0 Å². The molecule has 0 amide bonds. The van der Waals surface area contributed by atoms with Crippen molar-refractivity contribution in [3.8, 4) is 0 Å². The lowest BCUT2D eigenvalue weighted by atomic mass is 9.48. The van der Waals surface area contributed by atoms with Gasteiger partial charge in [0, 0.05) is 6.42 Å². The first-order valence-electron chi connectivity index (χ1n) is 8.73. The summed E-state index contributed by atoms with van der Waals surface area (Å²) in [6.45, 7) is 4.76. The Kier molecular flexibility index (Phi) is 2.89. The quantitative estimate of drug-likeness (QED) is 0.695. The molecule has 4 rings (SSSR count). The van der Waals surface area contributed by atoms with Crippen LogP contribution in [0.5, 0.6) is 0 Å². The smallest absolute Gasteiger partial charge is 0.0925 e. The molecule has 0 radical (unpaired) electrons. The van der Waals surface area contributed by atoms with Crippen molar-refractivity contribution >= 4 is 0 Å². The molecule has 0 heterocycles. The maximum Gasteiger partial charge on any atom is 0.0925 e. The Morgan fingerprint density at radius 3 is 2.71 bits per heavy atom. The normalized spacial score (nSPS) is 52.3. The molecule has 2 N–H and O–H groups in total. The highest BCUT2D eigenvalue weighted by atomic mass is 16.3. The van der Waals surface area contributed by atoms with Gasteiger partial charge in [-0.3, -0.25) is 0 Å². The highest BCUT2D eigenvalue weighted by Crippen LogP contribution is 2.64. The Morgan fingerprint density at radius 1 is 1.10 bits per heavy atom. The minimum absolute atomic E-state index is 0.0862. The van der Waals surface area contributed by atoms with Gasteiger partial charge in [0.25, 0.3) is 0 Å². The van der Waals surface area contributed by atoms with E-state index in [0.717, 1.165) is 37.5 Å². The van der Waals surface area contributed by atoms with Crippen LogP contribution in [0.25, 0.3) is 0 Å². The standard InChI is InChI=1S/C19H28O2/c1-18-9-7-13(20)11-12(18)3-4-14-15-5-6-17(21)19(15,2)10-8-16(14)18/h3,11,14-17,20-21H,4-10H2,1-2H3/t14-,15-,16-,17-,18-,19-/m0/s1. The molecule has 116 valence electrons. The average molecular weight is 288 g/mol. The second kappa shape index (κ2) is 4.38. The second-order valence-electron chi connectivity index (χ2n) is 8.46. The first-order chi connectivity index (χ1) is 9.95. The number of aliphatic hydroxyl groups excluding tert-OH is 2. The first-order valence-corrected chi connectivity index (χ1v) is 8.73. The molecule has 21 heavy (non-hydrogen) atoms. The minimum atomic E-state index is -0.0862. The molecule has 2 fully saturated rings. The van der Waals surface area contributed by atoms with E-state index in [9.17, 15) is 10.2 Å². The lowest BCUT2D eigenvalue weighted by molar-refractivity contribution is -0.0632. The Balaban J connectivity index is 1.72. The fourth-order valence-corrected chi connectivity index (χ4v) is 6.28. The summed E-state index contributed by atoms with van der Waals surface area (Å²) in [6, 6.07) is 0. The van der Waals surface area contributed by atoms with Gasteiger partial charge in [-0.2, -0.15) is 0 Å². The van der Waals surface area contributed by atoms with Crippen molar-refractivity contribution < 1.29 is 10.2 Å². The summed E-state index contributed by atoms with van der Waals surface area (Å²) in [5, 5.41) is 20.3. The Hall–Kier alpha value is -0.760. The highest BCUT2D eigenvalue weighted by Gasteiger charge is 2.57. The Morgan fingerprint density at radius 2 is 1.90 bits per heavy atom. The van der Waals surface area contributed by atoms with Crippen LogP contribution in [-0.2, 0) is 0 Å². The second-order valence-corrected chi connectivity index (χ2v) is 8.46. The molecule has 2 heteroatoms. The molecular weight excluding hydrogens is 260 g/mol. The molecule has 0 unspecified atom stereocenters. The predicted molar refractivity (Wildman–Crippen MR) is 83.8 cm³/mol. The molecule has 4 aliphatic rings. The third kappa shape index (κ3) is 1.75. The van der Waals surface area contributed by atoms with Gasteiger partial charge in [0.15, 0.2) is 0 Å². The SMILES string of the molecule is C[C@]12CC[C@H]3[C@@H](CC=C4C=C(O)CC[C@@]43C)[C@@H]1CC[C@@H]2O. The van der Waals surface area contributed by atoms with Crippen molar-refractivity contribution in [1.82, 2.24) is 0 Å². The number of hydrogen-bond acceptors (Lipinski definition) is 2. The van der Waals surface area contributed by atoms with Crippen LogP contribution in [0.1, 0.15) is 58.8 Å². The van der Waals surface area contributed by atoms with E-state index >= 15 is 0 Å². The van der Waals surface area contributed by atoms with E-state index < -0.39 is 0 Å². The van der Waals surface area contributed by atoms with E-state index in [1.54, 1.807) is 0 Å². The number of rotatable bonds is 0. The molecule has 0 bridgehead atoms. The number of aliphatic hydroxyl groups is 2. The van der Waals surface area contributed by atoms with Crippen molar-refractivity contribution in [3.63, 3.8) is 0 Å². The van der Waals surface area contributed by atoms with Crippen molar-refractivity contribution in [3.05, 3.63) is 23.5 Å². The van der Waals surface area contributed by atoms with E-state index in [1.807, 2.05) is 6.08 Å². The predicted octanol–water partition coefficient (Wildman–Crippen LogP) is 4.36. The summed E-state index contributed by atoms with van der Waals surface area (Å²) in [6.07, 6.45) is 12.1. The van der Waals surface area contributed by atoms with Crippen molar-refractivity contribution in [2.45, 2.75) is 64.9 Å². The third-order valence-electron chi connectivity index (χ3n) is 7.70. The van der Waals surface area contributed by atoms with Gasteiger partial charge in [-0.1, -0.05) is 19.9 Å². The molecule has 0 spiro atoms. The fourth-order valence-electron chi connectivity index (χ4n) is 6.28. The molecule has 2 nitrogen and oxygen atoms in total. The Bertz CT molecular complexity index is 520. The van der Waals surface area contributed by atoms with Gasteiger partial charge in [0.05, 0.1) is 11.9 Å². The first kappa shape index (κ1) is 13.9. The Labute approximate surface area is 127 Å². The van der Waals surface area contributed by atoms with Gasteiger partial charge < -0.3 is 10.2 Å². The molecule has 6 atom stereocenters. The molecule has 0 aromatic heterocycles. The number of hydrogen-bond donors (Lipinski definition) is 2. The average Bonchev–Trinajstić information content (AvgIpc) is 2.76. The largest absolute Gasteiger partial charge is 0.512 e. The van der Waals surface area contributed by atoms with Crippen molar-refractivity contribution in [2.75, 3.05) is 0 Å². The maximum absolute atomic E-state index is 10.4. The van der Waals surface area contributed by atoms with E-state index in [0.29, 0.717) is 11.7 Å². The fraction of sp³-hybridized carbons (Fsp3) is 0.789. The van der Waals surface area contributed by atoms with Crippen LogP contribution in [0, 0.1) is 28.6 Å². The lowest BCUT2D eigenvalue weighted by Crippen LogP contribution is -2.50. The maximum atomic E-state index is 10.4. The summed E-state index contributed by atoms with van der Waals surface area (Å²) < 4.78 is 0. The van der Waals surface area contributed by atoms with Gasteiger partial charge in [-0.25, -0.2) is 0 Å². The zero-order chi connectivity index (χ0) is 14.8. The zero-order valence-corrected chi connectivity index (χ0v) is 13.3. The summed E-state index contributed by atoms with van der Waals surface area (Å²) in [7, 11) is 0. The molecule has 0 saturated heterocycles. The number of fused-ring (bicyclic) bond motifs is 5. The lowest BCUT2D eigenvalue weighted by Gasteiger charge is -2.56. The monoisotopic (exact) mass is 288 g/mol. The van der Waals surface area contributed by atoms with E-state index in [2.05, 4.69) is 19.9 Å². The van der Waals surface area contributed by atoms with Gasteiger partial charge in [0.2, 0.25) is 0 Å². The summed E-state index contributed by atoms with van der Waals surface area (Å²) in [5.74, 6) is 2.74. The van der Waals surface area contributed by atoms with Crippen LogP contribution in [0.3, 0.4) is 0 Å². The molecule has 0 aromatic rings. The topological polar surface area (TPSA) is 40.5 Å². The molecule has 4 aliphatic carbocycles. The van der Waals surface area contributed by atoms with E-state index in [4.69, 9.17) is 0 Å². The highest BCUT2D eigenvalue weighted by molar-refractivity contribution is 5.35. The molecule has 0 aliphatic heterocycles. The van der Waals surface area contributed by atoms with Crippen LogP contribution in [-0.4, -0.2) is 16.3 Å². The van der Waals surface area contributed by atoms with Gasteiger partial charge in [0.1, 0.15) is 0 Å². The summed E-state index contributed by atoms with van der Waals surface area (Å²) in [5.41, 5.74) is 1.80. The summed E-state index contributed by atoms with van der Waals surface area (Å²) in [4.78, 5) is 0. The zero-order valence-electron chi connectivity index (χ0n) is 13.3. The van der Waals surface area contributed by atoms with Crippen LogP contribution < -0.4 is 0 Å². The van der Waals surface area contributed by atoms with Gasteiger partial charge >= 0.3 is 0 Å². The van der Waals surface area contributed by atoms with Crippen molar-refractivity contribution in [2.24, 2.45) is 28.6 Å². The van der Waals surface area contributed by atoms with Crippen LogP contribution in [0.15, 0.2) is 23.5 Å².